The Hall–Kier alpha value is -3.94. The Morgan fingerprint density at radius 2 is 1.74 bits per heavy atom. The second-order valence-corrected chi connectivity index (χ2v) is 9.97. The number of piperazine rings is 1. The summed E-state index contributed by atoms with van der Waals surface area (Å²) in [4.78, 5) is 32.6. The summed E-state index contributed by atoms with van der Waals surface area (Å²) in [6, 6.07) is 25.6. The molecular formula is C32H36N4O3. The number of methoxy groups -OCH3 is 1. The highest BCUT2D eigenvalue weighted by molar-refractivity contribution is 5.99. The van der Waals surface area contributed by atoms with Gasteiger partial charge in [0.25, 0.3) is 11.8 Å². The maximum atomic E-state index is 13.4. The zero-order chi connectivity index (χ0) is 27.0. The van der Waals surface area contributed by atoms with Gasteiger partial charge in [-0.15, -0.1) is 0 Å². The fourth-order valence-corrected chi connectivity index (χ4v) is 5.25. The Kier molecular flexibility index (Phi) is 8.71. The Morgan fingerprint density at radius 3 is 2.54 bits per heavy atom. The quantitative estimate of drug-likeness (QED) is 0.388. The Labute approximate surface area is 230 Å². The van der Waals surface area contributed by atoms with E-state index in [4.69, 9.17) is 4.74 Å². The van der Waals surface area contributed by atoms with Gasteiger partial charge in [-0.05, 0) is 36.2 Å². The van der Waals surface area contributed by atoms with Crippen molar-refractivity contribution in [2.24, 2.45) is 0 Å². The Bertz CT molecular complexity index is 1300. The van der Waals surface area contributed by atoms with E-state index in [9.17, 15) is 9.59 Å². The number of carbonyl (C=O) groups excluding carboxylic acids is 2. The minimum Gasteiger partial charge on any atom is -0.385 e. The van der Waals surface area contributed by atoms with Crippen LogP contribution in [0.3, 0.4) is 0 Å². The number of ether oxygens (including phenoxy) is 1. The summed E-state index contributed by atoms with van der Waals surface area (Å²) in [5.41, 5.74) is 4.34. The third-order valence-corrected chi connectivity index (χ3v) is 7.35. The molecule has 2 amide bonds. The average molecular weight is 525 g/mol. The molecule has 3 aromatic rings. The summed E-state index contributed by atoms with van der Waals surface area (Å²) in [7, 11) is 1.67. The summed E-state index contributed by atoms with van der Waals surface area (Å²) in [6.45, 7) is 5.15. The number of fused-ring (bicyclic) bond motifs is 1. The minimum absolute atomic E-state index is 0.0166. The van der Waals surface area contributed by atoms with Crippen molar-refractivity contribution in [3.8, 4) is 0 Å². The van der Waals surface area contributed by atoms with Gasteiger partial charge >= 0.3 is 0 Å². The number of rotatable bonds is 10. The van der Waals surface area contributed by atoms with Crippen LogP contribution in [0.25, 0.3) is 6.08 Å². The lowest BCUT2D eigenvalue weighted by atomic mass is 10.1. The van der Waals surface area contributed by atoms with E-state index < -0.39 is 0 Å². The van der Waals surface area contributed by atoms with Gasteiger partial charge in [0, 0.05) is 75.4 Å². The summed E-state index contributed by atoms with van der Waals surface area (Å²) in [5, 5.41) is 3.52. The van der Waals surface area contributed by atoms with Gasteiger partial charge in [0.05, 0.1) is 0 Å². The van der Waals surface area contributed by atoms with Crippen LogP contribution in [-0.2, 0) is 4.74 Å². The summed E-state index contributed by atoms with van der Waals surface area (Å²) >= 11 is 0. The molecule has 0 aromatic heterocycles. The van der Waals surface area contributed by atoms with Crippen molar-refractivity contribution in [3.63, 3.8) is 0 Å². The van der Waals surface area contributed by atoms with E-state index in [1.54, 1.807) is 7.11 Å². The average Bonchev–Trinajstić information content (AvgIpc) is 3.24. The number of hydrogen-bond donors (Lipinski definition) is 1. The number of amides is 2. The summed E-state index contributed by atoms with van der Waals surface area (Å²) in [6.07, 6.45) is 4.79. The maximum Gasteiger partial charge on any atom is 0.256 e. The molecule has 1 saturated heterocycles. The van der Waals surface area contributed by atoms with Gasteiger partial charge in [-0.1, -0.05) is 66.7 Å². The van der Waals surface area contributed by atoms with Gasteiger partial charge in [0.1, 0.15) is 6.17 Å². The molecule has 2 heterocycles. The lowest BCUT2D eigenvalue weighted by Crippen LogP contribution is -2.48. The van der Waals surface area contributed by atoms with Gasteiger partial charge in [0.15, 0.2) is 0 Å². The molecule has 2 aliphatic heterocycles. The van der Waals surface area contributed by atoms with Crippen molar-refractivity contribution in [1.82, 2.24) is 14.7 Å². The second kappa shape index (κ2) is 12.7. The topological polar surface area (TPSA) is 65.1 Å². The SMILES string of the molecule is COCCCN1C(=O)c2ccccc2C1Nc1cccc(C(=O)N2CCN(CC=Cc3ccccc3)CC2)c1. The van der Waals surface area contributed by atoms with Gasteiger partial charge in [-0.25, -0.2) is 0 Å². The van der Waals surface area contributed by atoms with Crippen LogP contribution >= 0.6 is 0 Å². The molecule has 7 heteroatoms. The van der Waals surface area contributed by atoms with E-state index in [1.165, 1.54) is 5.56 Å². The first-order valence-corrected chi connectivity index (χ1v) is 13.6. The molecule has 0 saturated carbocycles. The molecule has 1 atom stereocenters. The molecule has 2 aliphatic rings. The molecule has 1 unspecified atom stereocenters. The zero-order valence-corrected chi connectivity index (χ0v) is 22.5. The molecule has 5 rings (SSSR count). The third kappa shape index (κ3) is 6.38. The van der Waals surface area contributed by atoms with Crippen molar-refractivity contribution in [2.45, 2.75) is 12.6 Å². The zero-order valence-electron chi connectivity index (χ0n) is 22.5. The molecule has 0 radical (unpaired) electrons. The van der Waals surface area contributed by atoms with Crippen LogP contribution in [0.15, 0.2) is 84.9 Å². The first kappa shape index (κ1) is 26.7. The van der Waals surface area contributed by atoms with Crippen LogP contribution in [0.5, 0.6) is 0 Å². The van der Waals surface area contributed by atoms with E-state index in [-0.39, 0.29) is 18.0 Å². The number of anilines is 1. The predicted octanol–water partition coefficient (Wildman–Crippen LogP) is 4.76. The molecule has 0 spiro atoms. The smallest absolute Gasteiger partial charge is 0.256 e. The number of benzene rings is 3. The standard InChI is InChI=1S/C32H36N4O3/c1-39-23-9-18-36-30(28-15-5-6-16-29(28)32(36)38)33-27-14-7-13-26(24-27)31(37)35-21-19-34(20-22-35)17-8-12-25-10-3-2-4-11-25/h2-8,10-16,24,30,33H,9,17-23H2,1H3. The normalized spacial score (nSPS) is 17.6. The highest BCUT2D eigenvalue weighted by Crippen LogP contribution is 2.34. The maximum absolute atomic E-state index is 13.4. The first-order chi connectivity index (χ1) is 19.1. The van der Waals surface area contributed by atoms with E-state index >= 15 is 0 Å². The predicted molar refractivity (Wildman–Crippen MR) is 155 cm³/mol. The number of nitrogens with zero attached hydrogens (tertiary/aromatic N) is 3. The van der Waals surface area contributed by atoms with Gasteiger partial charge < -0.3 is 19.9 Å². The highest BCUT2D eigenvalue weighted by atomic mass is 16.5. The van der Waals surface area contributed by atoms with Crippen LogP contribution in [-0.4, -0.2) is 79.5 Å². The van der Waals surface area contributed by atoms with Crippen molar-refractivity contribution < 1.29 is 14.3 Å². The molecule has 0 bridgehead atoms. The fraction of sp³-hybridized carbons (Fsp3) is 0.312. The van der Waals surface area contributed by atoms with Crippen molar-refractivity contribution in [1.29, 1.82) is 0 Å². The monoisotopic (exact) mass is 524 g/mol. The van der Waals surface area contributed by atoms with Crippen LogP contribution in [0.1, 0.15) is 44.4 Å². The van der Waals surface area contributed by atoms with E-state index in [0.29, 0.717) is 31.8 Å². The lowest BCUT2D eigenvalue weighted by Gasteiger charge is -2.34. The molecule has 202 valence electrons. The second-order valence-electron chi connectivity index (χ2n) is 9.97. The number of hydrogen-bond acceptors (Lipinski definition) is 5. The van der Waals surface area contributed by atoms with Crippen LogP contribution in [0.2, 0.25) is 0 Å². The molecule has 0 aliphatic carbocycles. The van der Waals surface area contributed by atoms with E-state index in [2.05, 4.69) is 34.5 Å². The van der Waals surface area contributed by atoms with Crippen LogP contribution in [0.4, 0.5) is 5.69 Å². The third-order valence-electron chi connectivity index (χ3n) is 7.35. The van der Waals surface area contributed by atoms with Crippen LogP contribution in [0, 0.1) is 0 Å². The molecular weight excluding hydrogens is 488 g/mol. The first-order valence-electron chi connectivity index (χ1n) is 13.6. The van der Waals surface area contributed by atoms with Crippen molar-refractivity contribution >= 4 is 23.6 Å². The fourth-order valence-electron chi connectivity index (χ4n) is 5.25. The van der Waals surface area contributed by atoms with Gasteiger partial charge in [0.2, 0.25) is 0 Å². The lowest BCUT2D eigenvalue weighted by molar-refractivity contribution is 0.0649. The largest absolute Gasteiger partial charge is 0.385 e. The van der Waals surface area contributed by atoms with Crippen LogP contribution < -0.4 is 5.32 Å². The van der Waals surface area contributed by atoms with Gasteiger partial charge in [-0.2, -0.15) is 0 Å². The summed E-state index contributed by atoms with van der Waals surface area (Å²) in [5.74, 6) is 0.0564. The molecule has 7 nitrogen and oxygen atoms in total. The van der Waals surface area contributed by atoms with Gasteiger partial charge in [-0.3, -0.25) is 14.5 Å². The summed E-state index contributed by atoms with van der Waals surface area (Å²) < 4.78 is 5.20. The van der Waals surface area contributed by atoms with Crippen molar-refractivity contribution in [2.75, 3.05) is 58.3 Å². The van der Waals surface area contributed by atoms with E-state index in [0.717, 1.165) is 42.9 Å². The minimum atomic E-state index is -0.289. The Balaban J connectivity index is 1.20. The highest BCUT2D eigenvalue weighted by Gasteiger charge is 2.36. The Morgan fingerprint density at radius 1 is 0.974 bits per heavy atom. The van der Waals surface area contributed by atoms with Crippen molar-refractivity contribution in [3.05, 3.63) is 107 Å². The molecule has 1 N–H and O–H groups in total. The molecule has 1 fully saturated rings. The van der Waals surface area contributed by atoms with E-state index in [1.807, 2.05) is 76.5 Å². The number of nitrogens with one attached hydrogen (secondary N) is 1. The molecule has 3 aromatic carbocycles. The number of carbonyl (C=O) groups is 2. The molecule has 39 heavy (non-hydrogen) atoms.